The van der Waals surface area contributed by atoms with Crippen molar-refractivity contribution in [1.82, 2.24) is 4.98 Å². The van der Waals surface area contributed by atoms with Crippen molar-refractivity contribution in [2.24, 2.45) is 0 Å². The molecule has 1 aromatic heterocycles. The summed E-state index contributed by atoms with van der Waals surface area (Å²) in [6, 6.07) is 8.67. The van der Waals surface area contributed by atoms with Crippen LogP contribution in [0.5, 0.6) is 0 Å². The number of aromatic nitrogens is 1. The van der Waals surface area contributed by atoms with Gasteiger partial charge >= 0.3 is 0 Å². The molecule has 0 saturated heterocycles. The fraction of sp³-hybridized carbons (Fsp3) is 0.462. The topological polar surface area (TPSA) is 45.1 Å². The molecule has 1 heterocycles. The van der Waals surface area contributed by atoms with Crippen molar-refractivity contribution in [1.29, 1.82) is 0 Å². The molecule has 0 unspecified atom stereocenters. The molecular weight excluding hydrogens is 232 g/mol. The highest BCUT2D eigenvalue weighted by molar-refractivity contribution is 7.22. The number of hydrogen-bond acceptors (Lipinski definition) is 4. The van der Waals surface area contributed by atoms with E-state index in [0.717, 1.165) is 36.3 Å². The van der Waals surface area contributed by atoms with Crippen molar-refractivity contribution in [2.75, 3.05) is 5.32 Å². The number of nitrogens with zero attached hydrogens (tertiary/aromatic N) is 1. The lowest BCUT2D eigenvalue weighted by Gasteiger charge is -2.25. The van der Waals surface area contributed by atoms with Gasteiger partial charge in [-0.05, 0) is 37.8 Å². The molecule has 0 bridgehead atoms. The predicted octanol–water partition coefficient (Wildman–Crippen LogP) is 3.01. The maximum Gasteiger partial charge on any atom is 0.184 e. The van der Waals surface area contributed by atoms with Crippen LogP contribution in [0, 0.1) is 0 Å². The van der Waals surface area contributed by atoms with Crippen molar-refractivity contribution in [3.63, 3.8) is 0 Å². The fourth-order valence-corrected chi connectivity index (χ4v) is 3.27. The highest BCUT2D eigenvalue weighted by atomic mass is 32.1. The molecule has 1 saturated carbocycles. The van der Waals surface area contributed by atoms with E-state index in [2.05, 4.69) is 16.4 Å². The number of hydrogen-bond donors (Lipinski definition) is 2. The molecule has 0 radical (unpaired) electrons. The van der Waals surface area contributed by atoms with Gasteiger partial charge in [0.1, 0.15) is 0 Å². The van der Waals surface area contributed by atoms with Crippen LogP contribution in [0.25, 0.3) is 10.2 Å². The van der Waals surface area contributed by atoms with E-state index < -0.39 is 0 Å². The van der Waals surface area contributed by atoms with Crippen LogP contribution >= 0.6 is 11.3 Å². The van der Waals surface area contributed by atoms with Crippen molar-refractivity contribution in [3.8, 4) is 0 Å². The maximum atomic E-state index is 9.47. The second-order valence-corrected chi connectivity index (χ2v) is 5.67. The summed E-state index contributed by atoms with van der Waals surface area (Å²) in [5.74, 6) is 0. The first-order chi connectivity index (χ1) is 8.31. The lowest BCUT2D eigenvalue weighted by atomic mass is 9.93. The second-order valence-electron chi connectivity index (χ2n) is 4.64. The van der Waals surface area contributed by atoms with Crippen LogP contribution in [0.3, 0.4) is 0 Å². The van der Waals surface area contributed by atoms with Gasteiger partial charge in [-0.2, -0.15) is 0 Å². The summed E-state index contributed by atoms with van der Waals surface area (Å²) in [6.45, 7) is 0. The van der Waals surface area contributed by atoms with E-state index in [4.69, 9.17) is 0 Å². The van der Waals surface area contributed by atoms with E-state index in [-0.39, 0.29) is 6.10 Å². The monoisotopic (exact) mass is 248 g/mol. The zero-order valence-electron chi connectivity index (χ0n) is 9.60. The average molecular weight is 248 g/mol. The minimum absolute atomic E-state index is 0.0941. The summed E-state index contributed by atoms with van der Waals surface area (Å²) in [5.41, 5.74) is 1.07. The van der Waals surface area contributed by atoms with Gasteiger partial charge in [0.25, 0.3) is 0 Å². The summed E-state index contributed by atoms with van der Waals surface area (Å²) >= 11 is 1.71. The van der Waals surface area contributed by atoms with Crippen LogP contribution in [0.15, 0.2) is 24.3 Å². The van der Waals surface area contributed by atoms with E-state index in [9.17, 15) is 5.11 Å². The number of rotatable bonds is 2. The number of anilines is 1. The van der Waals surface area contributed by atoms with E-state index in [1.807, 2.05) is 18.2 Å². The first-order valence-electron chi connectivity index (χ1n) is 6.11. The second kappa shape index (κ2) is 4.63. The number of aliphatic hydroxyl groups is 1. The molecule has 2 N–H and O–H groups in total. The van der Waals surface area contributed by atoms with Crippen molar-refractivity contribution < 1.29 is 5.11 Å². The van der Waals surface area contributed by atoms with Gasteiger partial charge in [-0.1, -0.05) is 23.5 Å². The molecule has 3 rings (SSSR count). The molecule has 0 aliphatic heterocycles. The zero-order chi connectivity index (χ0) is 11.7. The minimum atomic E-state index is -0.0941. The Kier molecular flexibility index (Phi) is 2.99. The SMILES string of the molecule is O[C@H]1CC[C@H](Nc2nc3ccccc3s2)CC1. The van der Waals surface area contributed by atoms with E-state index in [0.29, 0.717) is 6.04 Å². The average Bonchev–Trinajstić information content (AvgIpc) is 2.74. The Morgan fingerprint density at radius 2 is 1.94 bits per heavy atom. The third-order valence-corrected chi connectivity index (χ3v) is 4.29. The molecule has 0 spiro atoms. The first kappa shape index (κ1) is 11.0. The standard InChI is InChI=1S/C13H16N2OS/c16-10-7-5-9(6-8-10)14-13-15-11-3-1-2-4-12(11)17-13/h1-4,9-10,16H,5-8H2,(H,14,15)/t9-,10-. The van der Waals surface area contributed by atoms with Gasteiger partial charge in [-0.3, -0.25) is 0 Å². The first-order valence-corrected chi connectivity index (χ1v) is 6.93. The summed E-state index contributed by atoms with van der Waals surface area (Å²) in [4.78, 5) is 4.57. The van der Waals surface area contributed by atoms with Crippen molar-refractivity contribution >= 4 is 26.7 Å². The predicted molar refractivity (Wildman–Crippen MR) is 71.5 cm³/mol. The Bertz CT molecular complexity index is 470. The van der Waals surface area contributed by atoms with Gasteiger partial charge in [0, 0.05) is 6.04 Å². The third kappa shape index (κ3) is 2.42. The molecule has 0 atom stereocenters. The summed E-state index contributed by atoms with van der Waals surface area (Å²) in [7, 11) is 0. The van der Waals surface area contributed by atoms with E-state index in [1.54, 1.807) is 11.3 Å². The minimum Gasteiger partial charge on any atom is -0.393 e. The van der Waals surface area contributed by atoms with E-state index >= 15 is 0 Å². The van der Waals surface area contributed by atoms with Gasteiger partial charge in [-0.25, -0.2) is 4.98 Å². The Hall–Kier alpha value is -1.13. The molecule has 1 aromatic carbocycles. The molecule has 4 heteroatoms. The summed E-state index contributed by atoms with van der Waals surface area (Å²) in [6.07, 6.45) is 3.79. The Morgan fingerprint density at radius 3 is 2.71 bits per heavy atom. The Balaban J connectivity index is 1.72. The largest absolute Gasteiger partial charge is 0.393 e. The number of fused-ring (bicyclic) bond motifs is 1. The van der Waals surface area contributed by atoms with Crippen LogP contribution < -0.4 is 5.32 Å². The molecule has 3 nitrogen and oxygen atoms in total. The third-order valence-electron chi connectivity index (χ3n) is 3.32. The molecule has 90 valence electrons. The molecule has 1 fully saturated rings. The zero-order valence-corrected chi connectivity index (χ0v) is 10.4. The van der Waals surface area contributed by atoms with Crippen LogP contribution in [0.4, 0.5) is 5.13 Å². The van der Waals surface area contributed by atoms with Crippen LogP contribution in [-0.4, -0.2) is 22.2 Å². The Labute approximate surface area is 105 Å². The van der Waals surface area contributed by atoms with E-state index in [1.165, 1.54) is 4.70 Å². The lowest BCUT2D eigenvalue weighted by molar-refractivity contribution is 0.126. The molecule has 1 aliphatic carbocycles. The van der Waals surface area contributed by atoms with Crippen LogP contribution in [0.2, 0.25) is 0 Å². The highest BCUT2D eigenvalue weighted by Crippen LogP contribution is 2.28. The lowest BCUT2D eigenvalue weighted by Crippen LogP contribution is -2.28. The van der Waals surface area contributed by atoms with Crippen molar-refractivity contribution in [3.05, 3.63) is 24.3 Å². The number of aliphatic hydroxyl groups excluding tert-OH is 1. The van der Waals surface area contributed by atoms with Crippen LogP contribution in [0.1, 0.15) is 25.7 Å². The highest BCUT2D eigenvalue weighted by Gasteiger charge is 2.19. The molecular formula is C13H16N2OS. The van der Waals surface area contributed by atoms with Gasteiger partial charge in [0.15, 0.2) is 5.13 Å². The molecule has 2 aromatic rings. The number of para-hydroxylation sites is 1. The van der Waals surface area contributed by atoms with Gasteiger partial charge in [0.05, 0.1) is 16.3 Å². The summed E-state index contributed by atoms with van der Waals surface area (Å²) < 4.78 is 1.23. The summed E-state index contributed by atoms with van der Waals surface area (Å²) in [5, 5.41) is 14.0. The normalized spacial score (nSPS) is 25.0. The maximum absolute atomic E-state index is 9.47. The van der Waals surface area contributed by atoms with Gasteiger partial charge < -0.3 is 10.4 Å². The fourth-order valence-electron chi connectivity index (χ4n) is 2.33. The quantitative estimate of drug-likeness (QED) is 0.858. The number of benzene rings is 1. The van der Waals surface area contributed by atoms with Gasteiger partial charge in [-0.15, -0.1) is 0 Å². The Morgan fingerprint density at radius 1 is 1.18 bits per heavy atom. The molecule has 17 heavy (non-hydrogen) atoms. The molecule has 0 amide bonds. The van der Waals surface area contributed by atoms with Crippen LogP contribution in [-0.2, 0) is 0 Å². The van der Waals surface area contributed by atoms with Crippen molar-refractivity contribution in [2.45, 2.75) is 37.8 Å². The number of thiazole rings is 1. The molecule has 1 aliphatic rings. The van der Waals surface area contributed by atoms with Gasteiger partial charge in [0.2, 0.25) is 0 Å². The smallest absolute Gasteiger partial charge is 0.184 e. The number of nitrogens with one attached hydrogen (secondary N) is 1.